The zero-order valence-electron chi connectivity index (χ0n) is 26.7. The van der Waals surface area contributed by atoms with E-state index >= 15 is 0 Å². The Labute approximate surface area is 292 Å². The van der Waals surface area contributed by atoms with Gasteiger partial charge in [0.25, 0.3) is 0 Å². The summed E-state index contributed by atoms with van der Waals surface area (Å²) in [6.07, 6.45) is 0. The van der Waals surface area contributed by atoms with Gasteiger partial charge in [0.1, 0.15) is 11.2 Å². The third-order valence-electron chi connectivity index (χ3n) is 9.36. The number of furan rings is 1. The molecule has 0 aliphatic carbocycles. The highest BCUT2D eigenvalue weighted by molar-refractivity contribution is 7.25. The topological polar surface area (TPSA) is 51.8 Å². The van der Waals surface area contributed by atoms with Crippen LogP contribution in [0.3, 0.4) is 0 Å². The molecule has 0 spiro atoms. The van der Waals surface area contributed by atoms with E-state index in [4.69, 9.17) is 19.4 Å². The van der Waals surface area contributed by atoms with Crippen molar-refractivity contribution in [2.75, 3.05) is 0 Å². The first-order valence-corrected chi connectivity index (χ1v) is 17.4. The summed E-state index contributed by atoms with van der Waals surface area (Å²) in [5.41, 5.74) is 9.42. The molecule has 0 atom stereocenters. The Morgan fingerprint density at radius 3 is 1.72 bits per heavy atom. The number of para-hydroxylation sites is 1. The standard InChI is InChI=1S/C45H27N3OS/c1-3-12-28(13-4-1)43-46-44(29-14-5-2-6-15-29)48-45(47-43)31-22-24-34-37-26-30(23-25-40(37)50-41(34)27-31)32-16-7-8-17-33(32)35-19-11-21-39-42(35)36-18-9-10-20-38(36)49-39/h1-27H. The molecule has 0 unspecified atom stereocenters. The second kappa shape index (κ2) is 11.6. The summed E-state index contributed by atoms with van der Waals surface area (Å²) in [6, 6.07) is 56.9. The molecule has 50 heavy (non-hydrogen) atoms. The van der Waals surface area contributed by atoms with Crippen molar-refractivity contribution < 1.29 is 4.42 Å². The third-order valence-corrected chi connectivity index (χ3v) is 10.5. The van der Waals surface area contributed by atoms with Gasteiger partial charge in [0.2, 0.25) is 0 Å². The number of fused-ring (bicyclic) bond motifs is 6. The number of thiophene rings is 1. The lowest BCUT2D eigenvalue weighted by Gasteiger charge is -2.12. The summed E-state index contributed by atoms with van der Waals surface area (Å²) in [5.74, 6) is 1.98. The minimum atomic E-state index is 0.660. The number of benzene rings is 7. The van der Waals surface area contributed by atoms with Gasteiger partial charge in [-0.1, -0.05) is 133 Å². The molecule has 0 N–H and O–H groups in total. The number of aromatic nitrogens is 3. The van der Waals surface area contributed by atoms with Gasteiger partial charge in [0.15, 0.2) is 17.5 Å². The van der Waals surface area contributed by atoms with E-state index < -0.39 is 0 Å². The van der Waals surface area contributed by atoms with E-state index in [2.05, 4.69) is 91.0 Å². The van der Waals surface area contributed by atoms with Gasteiger partial charge in [-0.2, -0.15) is 0 Å². The lowest BCUT2D eigenvalue weighted by Crippen LogP contribution is -1.99. The molecule has 5 heteroatoms. The maximum absolute atomic E-state index is 6.24. The van der Waals surface area contributed by atoms with Crippen molar-refractivity contribution in [3.8, 4) is 56.4 Å². The number of hydrogen-bond donors (Lipinski definition) is 0. The monoisotopic (exact) mass is 657 g/mol. The van der Waals surface area contributed by atoms with Gasteiger partial charge in [-0.25, -0.2) is 15.0 Å². The predicted octanol–water partition coefficient (Wildman–Crippen LogP) is 12.5. The first-order chi connectivity index (χ1) is 24.8. The average molecular weight is 658 g/mol. The molecule has 10 aromatic rings. The first kappa shape index (κ1) is 28.6. The van der Waals surface area contributed by atoms with E-state index in [1.54, 1.807) is 11.3 Å². The molecule has 0 fully saturated rings. The fraction of sp³-hybridized carbons (Fsp3) is 0. The van der Waals surface area contributed by atoms with Crippen LogP contribution in [0.1, 0.15) is 0 Å². The summed E-state index contributed by atoms with van der Waals surface area (Å²) in [7, 11) is 0. The molecule has 3 aromatic heterocycles. The lowest BCUT2D eigenvalue weighted by molar-refractivity contribution is 0.669. The Morgan fingerprint density at radius 2 is 0.960 bits per heavy atom. The van der Waals surface area contributed by atoms with E-state index in [-0.39, 0.29) is 0 Å². The Bertz CT molecular complexity index is 2820. The molecule has 0 saturated carbocycles. The van der Waals surface area contributed by atoms with Gasteiger partial charge < -0.3 is 4.42 Å². The van der Waals surface area contributed by atoms with Crippen molar-refractivity contribution in [1.82, 2.24) is 15.0 Å². The molecule has 10 rings (SSSR count). The van der Waals surface area contributed by atoms with Gasteiger partial charge in [0, 0.05) is 47.6 Å². The predicted molar refractivity (Wildman–Crippen MR) is 207 cm³/mol. The highest BCUT2D eigenvalue weighted by atomic mass is 32.1. The van der Waals surface area contributed by atoms with Crippen LogP contribution in [-0.4, -0.2) is 15.0 Å². The minimum absolute atomic E-state index is 0.660. The SMILES string of the molecule is c1ccc(-c2nc(-c3ccccc3)nc(-c3ccc4c(c3)sc3ccc(-c5ccccc5-c5cccc6oc7ccccc7c56)cc34)n2)cc1. The molecular formula is C45H27N3OS. The van der Waals surface area contributed by atoms with Crippen molar-refractivity contribution in [3.63, 3.8) is 0 Å². The van der Waals surface area contributed by atoms with Crippen LogP contribution < -0.4 is 0 Å². The minimum Gasteiger partial charge on any atom is -0.456 e. The van der Waals surface area contributed by atoms with Crippen molar-refractivity contribution in [3.05, 3.63) is 164 Å². The van der Waals surface area contributed by atoms with Crippen molar-refractivity contribution in [2.24, 2.45) is 0 Å². The van der Waals surface area contributed by atoms with Crippen LogP contribution in [0.15, 0.2) is 168 Å². The zero-order valence-corrected chi connectivity index (χ0v) is 27.6. The summed E-state index contributed by atoms with van der Waals surface area (Å²) in [6.45, 7) is 0. The van der Waals surface area contributed by atoms with E-state index in [0.29, 0.717) is 17.5 Å². The van der Waals surface area contributed by atoms with Crippen LogP contribution in [0.4, 0.5) is 0 Å². The molecule has 0 aliphatic heterocycles. The maximum atomic E-state index is 6.24. The van der Waals surface area contributed by atoms with Gasteiger partial charge >= 0.3 is 0 Å². The van der Waals surface area contributed by atoms with Crippen LogP contribution >= 0.6 is 11.3 Å². The summed E-state index contributed by atoms with van der Waals surface area (Å²) < 4.78 is 8.68. The molecule has 0 radical (unpaired) electrons. The average Bonchev–Trinajstić information content (AvgIpc) is 3.76. The van der Waals surface area contributed by atoms with Crippen LogP contribution in [0, 0.1) is 0 Å². The molecule has 234 valence electrons. The van der Waals surface area contributed by atoms with Crippen LogP contribution in [0.2, 0.25) is 0 Å². The number of nitrogens with zero attached hydrogens (tertiary/aromatic N) is 3. The Morgan fingerprint density at radius 1 is 0.360 bits per heavy atom. The molecular weight excluding hydrogens is 631 g/mol. The molecule has 0 amide bonds. The normalized spacial score (nSPS) is 11.6. The van der Waals surface area contributed by atoms with E-state index in [1.165, 1.54) is 42.4 Å². The Balaban J connectivity index is 1.09. The highest BCUT2D eigenvalue weighted by Gasteiger charge is 2.17. The third kappa shape index (κ3) is 4.79. The van der Waals surface area contributed by atoms with Gasteiger partial charge in [-0.15, -0.1) is 11.3 Å². The van der Waals surface area contributed by atoms with Crippen molar-refractivity contribution in [1.29, 1.82) is 0 Å². The Hall–Kier alpha value is -6.43. The smallest absolute Gasteiger partial charge is 0.164 e. The molecule has 7 aromatic carbocycles. The van der Waals surface area contributed by atoms with Crippen molar-refractivity contribution in [2.45, 2.75) is 0 Å². The lowest BCUT2D eigenvalue weighted by atomic mass is 9.91. The molecule has 3 heterocycles. The summed E-state index contributed by atoms with van der Waals surface area (Å²) in [4.78, 5) is 14.8. The molecule has 0 bridgehead atoms. The van der Waals surface area contributed by atoms with E-state index in [0.717, 1.165) is 38.6 Å². The van der Waals surface area contributed by atoms with Gasteiger partial charge in [0.05, 0.1) is 0 Å². The Kier molecular flexibility index (Phi) is 6.64. The van der Waals surface area contributed by atoms with Gasteiger partial charge in [-0.05, 0) is 52.6 Å². The second-order valence-electron chi connectivity index (χ2n) is 12.4. The van der Waals surface area contributed by atoms with E-state index in [9.17, 15) is 0 Å². The second-order valence-corrected chi connectivity index (χ2v) is 13.5. The number of rotatable bonds is 5. The first-order valence-electron chi connectivity index (χ1n) is 16.6. The van der Waals surface area contributed by atoms with Crippen LogP contribution in [0.25, 0.3) is 98.5 Å². The molecule has 4 nitrogen and oxygen atoms in total. The van der Waals surface area contributed by atoms with E-state index in [1.807, 2.05) is 72.8 Å². The molecule has 0 saturated heterocycles. The number of hydrogen-bond acceptors (Lipinski definition) is 5. The molecule has 0 aliphatic rings. The summed E-state index contributed by atoms with van der Waals surface area (Å²) in [5, 5.41) is 4.74. The van der Waals surface area contributed by atoms with Gasteiger partial charge in [-0.3, -0.25) is 0 Å². The highest BCUT2D eigenvalue weighted by Crippen LogP contribution is 2.43. The summed E-state index contributed by atoms with van der Waals surface area (Å²) >= 11 is 1.80. The quantitative estimate of drug-likeness (QED) is 0.185. The fourth-order valence-corrected chi connectivity index (χ4v) is 8.12. The largest absolute Gasteiger partial charge is 0.456 e. The van der Waals surface area contributed by atoms with Crippen LogP contribution in [0.5, 0.6) is 0 Å². The maximum Gasteiger partial charge on any atom is 0.164 e. The van der Waals surface area contributed by atoms with Crippen molar-refractivity contribution >= 4 is 53.4 Å². The fourth-order valence-electron chi connectivity index (χ4n) is 6.99. The van der Waals surface area contributed by atoms with Crippen LogP contribution in [-0.2, 0) is 0 Å². The zero-order chi connectivity index (χ0) is 33.0.